The summed E-state index contributed by atoms with van der Waals surface area (Å²) >= 11 is 0. The van der Waals surface area contributed by atoms with E-state index < -0.39 is 47.6 Å². The second-order valence-electron chi connectivity index (χ2n) is 17.6. The Labute approximate surface area is 257 Å². The molecule has 6 rings (SSSR count). The Morgan fingerprint density at radius 1 is 0.814 bits per heavy atom. The number of hydrogen-bond acceptors (Lipinski definition) is 8. The fraction of sp³-hybridized carbons (Fsp3) is 0.943. The second kappa shape index (κ2) is 10.2. The van der Waals surface area contributed by atoms with Gasteiger partial charge in [-0.2, -0.15) is 0 Å². The average Bonchev–Trinajstić information content (AvgIpc) is 2.93. The monoisotopic (exact) mass is 606 g/mol. The van der Waals surface area contributed by atoms with Crippen LogP contribution in [0.25, 0.3) is 0 Å². The molecule has 8 heteroatoms. The zero-order chi connectivity index (χ0) is 31.5. The van der Waals surface area contributed by atoms with Crippen molar-refractivity contribution >= 4 is 0 Å². The lowest BCUT2D eigenvalue weighted by Gasteiger charge is -2.72. The van der Waals surface area contributed by atoms with Crippen LogP contribution in [0.4, 0.5) is 0 Å². The van der Waals surface area contributed by atoms with Gasteiger partial charge in [-0.15, -0.1) is 0 Å². The van der Waals surface area contributed by atoms with E-state index in [0.29, 0.717) is 24.7 Å². The molecule has 5 aliphatic carbocycles. The summed E-state index contributed by atoms with van der Waals surface area (Å²) in [5.74, 6) is 0.940. The summed E-state index contributed by atoms with van der Waals surface area (Å²) in [6.45, 7) is 16.0. The fourth-order valence-corrected chi connectivity index (χ4v) is 11.9. The predicted molar refractivity (Wildman–Crippen MR) is 162 cm³/mol. The SMILES string of the molecule is CC1(C)CC2C3=CCC4C5(C)CCC(O)C(C)(C)C5CCC4(C)C3(C)CCC2(COC2OCC(O)C(O)C2O)C(O)C1O. The Morgan fingerprint density at radius 2 is 1.51 bits per heavy atom. The molecule has 6 N–H and O–H groups in total. The molecule has 6 aliphatic rings. The van der Waals surface area contributed by atoms with Gasteiger partial charge in [0.25, 0.3) is 0 Å². The summed E-state index contributed by atoms with van der Waals surface area (Å²) < 4.78 is 11.8. The first kappa shape index (κ1) is 32.4. The molecule has 8 nitrogen and oxygen atoms in total. The molecule has 0 aromatic rings. The largest absolute Gasteiger partial charge is 0.393 e. The molecule has 0 radical (unpaired) electrons. The van der Waals surface area contributed by atoms with Crippen LogP contribution in [0.2, 0.25) is 0 Å². The quantitative estimate of drug-likeness (QED) is 0.268. The highest BCUT2D eigenvalue weighted by atomic mass is 16.7. The van der Waals surface area contributed by atoms with Crippen LogP contribution in [0.3, 0.4) is 0 Å². The Kier molecular flexibility index (Phi) is 7.68. The number of aliphatic hydroxyl groups is 6. The van der Waals surface area contributed by atoms with E-state index in [1.54, 1.807) is 0 Å². The van der Waals surface area contributed by atoms with Crippen molar-refractivity contribution in [1.29, 1.82) is 0 Å². The lowest BCUT2D eigenvalue weighted by Crippen LogP contribution is -2.68. The summed E-state index contributed by atoms with van der Waals surface area (Å²) in [7, 11) is 0. The number of rotatable bonds is 3. The molecule has 14 unspecified atom stereocenters. The highest BCUT2D eigenvalue weighted by Crippen LogP contribution is 2.75. The molecule has 4 saturated carbocycles. The number of fused-ring (bicyclic) bond motifs is 7. The fourth-order valence-electron chi connectivity index (χ4n) is 11.9. The molecular formula is C35H58O8. The average molecular weight is 607 g/mol. The molecule has 1 aliphatic heterocycles. The Morgan fingerprint density at radius 3 is 2.21 bits per heavy atom. The number of aliphatic hydroxyl groups excluding tert-OH is 6. The molecule has 14 atom stereocenters. The molecule has 0 bridgehead atoms. The van der Waals surface area contributed by atoms with Crippen molar-refractivity contribution in [2.75, 3.05) is 13.2 Å². The summed E-state index contributed by atoms with van der Waals surface area (Å²) in [4.78, 5) is 0. The zero-order valence-corrected chi connectivity index (χ0v) is 27.4. The van der Waals surface area contributed by atoms with Crippen LogP contribution in [-0.4, -0.2) is 86.8 Å². The number of ether oxygens (including phenoxy) is 2. The van der Waals surface area contributed by atoms with Crippen molar-refractivity contribution in [3.05, 3.63) is 11.6 Å². The van der Waals surface area contributed by atoms with Crippen molar-refractivity contribution in [2.45, 2.75) is 143 Å². The van der Waals surface area contributed by atoms with E-state index in [-0.39, 0.29) is 46.9 Å². The van der Waals surface area contributed by atoms with Gasteiger partial charge in [0.1, 0.15) is 18.3 Å². The first-order valence-corrected chi connectivity index (χ1v) is 16.9. The molecule has 5 fully saturated rings. The minimum absolute atomic E-state index is 0.0242. The van der Waals surface area contributed by atoms with Crippen molar-refractivity contribution in [1.82, 2.24) is 0 Å². The van der Waals surface area contributed by atoms with Gasteiger partial charge >= 0.3 is 0 Å². The molecule has 1 heterocycles. The third-order valence-electron chi connectivity index (χ3n) is 15.0. The molecule has 246 valence electrons. The van der Waals surface area contributed by atoms with E-state index in [9.17, 15) is 30.6 Å². The third kappa shape index (κ3) is 4.29. The lowest BCUT2D eigenvalue weighted by atomic mass is 9.33. The van der Waals surface area contributed by atoms with Gasteiger partial charge in [-0.3, -0.25) is 0 Å². The maximum Gasteiger partial charge on any atom is 0.186 e. The van der Waals surface area contributed by atoms with Crippen LogP contribution in [0.5, 0.6) is 0 Å². The van der Waals surface area contributed by atoms with Gasteiger partial charge in [0, 0.05) is 5.41 Å². The Hall–Kier alpha value is -0.580. The zero-order valence-electron chi connectivity index (χ0n) is 27.4. The van der Waals surface area contributed by atoms with Gasteiger partial charge in [-0.05, 0) is 96.2 Å². The minimum atomic E-state index is -1.41. The maximum atomic E-state index is 11.9. The third-order valence-corrected chi connectivity index (χ3v) is 15.0. The first-order valence-electron chi connectivity index (χ1n) is 16.9. The van der Waals surface area contributed by atoms with Crippen molar-refractivity contribution in [2.24, 2.45) is 50.2 Å². The molecule has 0 aromatic carbocycles. The topological polar surface area (TPSA) is 140 Å². The van der Waals surface area contributed by atoms with E-state index in [1.807, 2.05) is 13.8 Å². The summed E-state index contributed by atoms with van der Waals surface area (Å²) in [5, 5.41) is 65.1. The van der Waals surface area contributed by atoms with Crippen LogP contribution in [0.15, 0.2) is 11.6 Å². The van der Waals surface area contributed by atoms with Crippen molar-refractivity contribution < 1.29 is 40.1 Å². The van der Waals surface area contributed by atoms with Crippen molar-refractivity contribution in [3.63, 3.8) is 0 Å². The van der Waals surface area contributed by atoms with Crippen LogP contribution >= 0.6 is 0 Å². The Balaban J connectivity index is 1.37. The van der Waals surface area contributed by atoms with Gasteiger partial charge in [0.15, 0.2) is 6.29 Å². The van der Waals surface area contributed by atoms with E-state index in [0.717, 1.165) is 38.5 Å². The van der Waals surface area contributed by atoms with Gasteiger partial charge in [0.2, 0.25) is 0 Å². The first-order chi connectivity index (χ1) is 19.9. The summed E-state index contributed by atoms with van der Waals surface area (Å²) in [5.41, 5.74) is 0.114. The maximum absolute atomic E-state index is 11.9. The molecule has 1 saturated heterocycles. The summed E-state index contributed by atoms with van der Waals surface area (Å²) in [6.07, 6.45) is 2.51. The van der Waals surface area contributed by atoms with E-state index in [4.69, 9.17) is 9.47 Å². The predicted octanol–water partition coefficient (Wildman–Crippen LogP) is 3.55. The molecule has 0 aromatic heterocycles. The number of allylic oxidation sites excluding steroid dienone is 2. The standard InChI is InChI=1S/C35H58O8/c1-30(2)16-20-19-8-9-23-32(5)12-11-24(37)31(3,4)22(32)10-13-34(23,7)33(19,6)14-15-35(20,28(41)27(30)40)18-43-29-26(39)25(38)21(36)17-42-29/h8,20-29,36-41H,9-18H2,1-7H3. The van der Waals surface area contributed by atoms with Gasteiger partial charge in [-0.1, -0.05) is 60.1 Å². The van der Waals surface area contributed by atoms with E-state index in [2.05, 4.69) is 40.7 Å². The molecular weight excluding hydrogens is 548 g/mol. The van der Waals surface area contributed by atoms with Gasteiger partial charge in [-0.25, -0.2) is 0 Å². The summed E-state index contributed by atoms with van der Waals surface area (Å²) in [6, 6.07) is 0. The highest BCUT2D eigenvalue weighted by molar-refractivity contribution is 5.35. The van der Waals surface area contributed by atoms with Crippen molar-refractivity contribution in [3.8, 4) is 0 Å². The second-order valence-corrected chi connectivity index (χ2v) is 17.6. The lowest BCUT2D eigenvalue weighted by molar-refractivity contribution is -0.294. The molecule has 0 spiro atoms. The highest BCUT2D eigenvalue weighted by Gasteiger charge is 2.70. The van der Waals surface area contributed by atoms with Crippen LogP contribution in [0, 0.1) is 50.2 Å². The van der Waals surface area contributed by atoms with Crippen LogP contribution in [-0.2, 0) is 9.47 Å². The molecule has 43 heavy (non-hydrogen) atoms. The smallest absolute Gasteiger partial charge is 0.186 e. The van der Waals surface area contributed by atoms with E-state index in [1.165, 1.54) is 5.57 Å². The van der Waals surface area contributed by atoms with E-state index >= 15 is 0 Å². The molecule has 0 amide bonds. The minimum Gasteiger partial charge on any atom is -0.393 e. The number of hydrogen-bond donors (Lipinski definition) is 6. The normalized spacial score (nSPS) is 55.7. The van der Waals surface area contributed by atoms with Crippen LogP contribution in [0.1, 0.15) is 99.8 Å². The van der Waals surface area contributed by atoms with Gasteiger partial charge in [0.05, 0.1) is 31.5 Å². The van der Waals surface area contributed by atoms with Crippen LogP contribution < -0.4 is 0 Å². The Bertz CT molecular complexity index is 1120. The van der Waals surface area contributed by atoms with Gasteiger partial charge < -0.3 is 40.1 Å².